The fourth-order valence-corrected chi connectivity index (χ4v) is 5.00. The van der Waals surface area contributed by atoms with Gasteiger partial charge in [0, 0.05) is 42.7 Å². The maximum atomic E-state index is 14.9. The first-order valence-electron chi connectivity index (χ1n) is 13.7. The number of hydrogen-bond donors (Lipinski definition) is 4. The average Bonchev–Trinajstić information content (AvgIpc) is 3.32. The van der Waals surface area contributed by atoms with Gasteiger partial charge in [-0.05, 0) is 41.7 Å². The van der Waals surface area contributed by atoms with Crippen molar-refractivity contribution in [1.29, 1.82) is 0 Å². The largest absolute Gasteiger partial charge is 0.387 e. The fourth-order valence-electron chi connectivity index (χ4n) is 5.00. The van der Waals surface area contributed by atoms with Gasteiger partial charge in [-0.15, -0.1) is 0 Å². The highest BCUT2D eigenvalue weighted by Crippen LogP contribution is 2.41. The first-order valence-corrected chi connectivity index (χ1v) is 13.7. The number of aromatic nitrogens is 1. The number of nitrogens with zero attached hydrogens (tertiary/aromatic N) is 2. The highest BCUT2D eigenvalue weighted by molar-refractivity contribution is 5.87. The van der Waals surface area contributed by atoms with Gasteiger partial charge in [0.25, 0.3) is 0 Å². The lowest BCUT2D eigenvalue weighted by Crippen LogP contribution is -2.46. The van der Waals surface area contributed by atoms with Crippen molar-refractivity contribution in [3.63, 3.8) is 0 Å². The van der Waals surface area contributed by atoms with Crippen LogP contribution in [0.1, 0.15) is 50.9 Å². The smallest absolute Gasteiger partial charge is 0.248 e. The predicted molar refractivity (Wildman–Crippen MR) is 156 cm³/mol. The monoisotopic (exact) mass is 583 g/mol. The molecule has 42 heavy (non-hydrogen) atoms. The van der Waals surface area contributed by atoms with Crippen molar-refractivity contribution < 1.29 is 28.3 Å². The second kappa shape index (κ2) is 14.2. The van der Waals surface area contributed by atoms with Gasteiger partial charge in [-0.25, -0.2) is 8.78 Å². The molecule has 0 fully saturated rings. The Kier molecular flexibility index (Phi) is 11.0. The maximum absolute atomic E-state index is 14.9. The van der Waals surface area contributed by atoms with Crippen LogP contribution in [0.2, 0.25) is 0 Å². The predicted octanol–water partition coefficient (Wildman–Crippen LogP) is 3.10. The zero-order valence-corrected chi connectivity index (χ0v) is 24.1. The third kappa shape index (κ3) is 8.46. The summed E-state index contributed by atoms with van der Waals surface area (Å²) in [6.45, 7) is 5.81. The van der Waals surface area contributed by atoms with Crippen molar-refractivity contribution in [2.24, 2.45) is 16.9 Å². The maximum Gasteiger partial charge on any atom is 0.248 e. The van der Waals surface area contributed by atoms with Crippen LogP contribution >= 0.6 is 0 Å². The minimum absolute atomic E-state index is 0.0887. The molecule has 0 aliphatic heterocycles. The third-order valence-corrected chi connectivity index (χ3v) is 6.87. The lowest BCUT2D eigenvalue weighted by Gasteiger charge is -2.41. The summed E-state index contributed by atoms with van der Waals surface area (Å²) in [5, 5.41) is 12.5. The summed E-state index contributed by atoms with van der Waals surface area (Å²) in [5.41, 5.74) is 12.4. The molecule has 9 nitrogen and oxygen atoms in total. The van der Waals surface area contributed by atoms with Gasteiger partial charge in [0.15, 0.2) is 0 Å². The van der Waals surface area contributed by atoms with Gasteiger partial charge in [-0.2, -0.15) is 0 Å². The van der Waals surface area contributed by atoms with Gasteiger partial charge in [0.2, 0.25) is 17.7 Å². The molecule has 0 spiro atoms. The lowest BCUT2D eigenvalue weighted by atomic mass is 9.83. The lowest BCUT2D eigenvalue weighted by molar-refractivity contribution is -0.139. The summed E-state index contributed by atoms with van der Waals surface area (Å²) < 4.78 is 30.9. The van der Waals surface area contributed by atoms with Crippen LogP contribution < -0.4 is 16.8 Å². The number of nitrogens with two attached hydrogens (primary N) is 2. The first-order chi connectivity index (χ1) is 19.8. The van der Waals surface area contributed by atoms with Crippen LogP contribution in [0, 0.1) is 17.0 Å². The Bertz CT molecular complexity index is 1390. The molecule has 0 radical (unpaired) electrons. The Labute approximate surface area is 244 Å². The summed E-state index contributed by atoms with van der Waals surface area (Å²) in [6.07, 6.45) is 1.76. The Hall–Kier alpha value is -4.09. The molecule has 2 aromatic carbocycles. The molecule has 0 unspecified atom stereocenters. The number of carbonyl (C=O) groups excluding carboxylic acids is 3. The van der Waals surface area contributed by atoms with Crippen molar-refractivity contribution >= 4 is 17.7 Å². The molecule has 0 bridgehead atoms. The van der Waals surface area contributed by atoms with E-state index in [0.29, 0.717) is 24.2 Å². The van der Waals surface area contributed by atoms with Crippen LogP contribution in [0.5, 0.6) is 0 Å². The van der Waals surface area contributed by atoms with Crippen LogP contribution in [0.25, 0.3) is 11.1 Å². The van der Waals surface area contributed by atoms with E-state index in [1.165, 1.54) is 4.90 Å². The summed E-state index contributed by atoms with van der Waals surface area (Å²) in [6, 6.07) is 12.9. The Morgan fingerprint density at radius 3 is 2.38 bits per heavy atom. The molecule has 0 saturated carbocycles. The Morgan fingerprint density at radius 2 is 1.76 bits per heavy atom. The van der Waals surface area contributed by atoms with Gasteiger partial charge in [0.1, 0.15) is 18.2 Å². The van der Waals surface area contributed by atoms with Crippen LogP contribution in [0.3, 0.4) is 0 Å². The van der Waals surface area contributed by atoms with Gasteiger partial charge >= 0.3 is 0 Å². The molecule has 226 valence electrons. The molecule has 11 heteroatoms. The van der Waals surface area contributed by atoms with E-state index in [1.807, 2.05) is 55.7 Å². The van der Waals surface area contributed by atoms with Crippen molar-refractivity contribution in [3.05, 3.63) is 83.7 Å². The van der Waals surface area contributed by atoms with Crippen molar-refractivity contribution in [2.75, 3.05) is 19.7 Å². The highest BCUT2D eigenvalue weighted by Gasteiger charge is 2.37. The summed E-state index contributed by atoms with van der Waals surface area (Å²) in [7, 11) is 0. The molecule has 2 atom stereocenters. The third-order valence-electron chi connectivity index (χ3n) is 6.87. The number of benzene rings is 2. The van der Waals surface area contributed by atoms with Crippen LogP contribution in [0.15, 0.2) is 60.8 Å². The van der Waals surface area contributed by atoms with Crippen LogP contribution in [-0.4, -0.2) is 58.0 Å². The van der Waals surface area contributed by atoms with E-state index in [9.17, 15) is 28.3 Å². The Morgan fingerprint density at radius 1 is 1.07 bits per heavy atom. The summed E-state index contributed by atoms with van der Waals surface area (Å²) in [5.74, 6) is -2.93. The highest BCUT2D eigenvalue weighted by atomic mass is 19.1. The normalized spacial score (nSPS) is 12.9. The summed E-state index contributed by atoms with van der Waals surface area (Å²) in [4.78, 5) is 38.0. The molecule has 3 rings (SSSR count). The Balaban J connectivity index is 2.00. The number of nitrogens with one attached hydrogen (secondary N) is 1. The molecule has 6 N–H and O–H groups in total. The van der Waals surface area contributed by atoms with Crippen molar-refractivity contribution in [3.8, 4) is 11.1 Å². The van der Waals surface area contributed by atoms with Crippen molar-refractivity contribution in [1.82, 2.24) is 14.8 Å². The molecule has 1 aromatic heterocycles. The minimum atomic E-state index is -1.08. The molecular formula is C31H39F2N5O4. The number of rotatable bonds is 13. The van der Waals surface area contributed by atoms with E-state index in [0.717, 1.165) is 23.8 Å². The second-order valence-corrected chi connectivity index (χ2v) is 11.3. The van der Waals surface area contributed by atoms with E-state index in [2.05, 4.69) is 5.32 Å². The van der Waals surface area contributed by atoms with Gasteiger partial charge in [0.05, 0.1) is 18.5 Å². The van der Waals surface area contributed by atoms with Gasteiger partial charge in [-0.3, -0.25) is 14.4 Å². The number of carbonyl (C=O) groups is 3. The SMILES string of the molecule is CC(C)(C)[C@H](c1cc(-c2cc(F)ccc2F)cn1Cc1ccccc1)N(CCCNC(=O)[C@@H](N)CC(N)=O)C(=O)CO. The quantitative estimate of drug-likeness (QED) is 0.229. The fraction of sp³-hybridized carbons (Fsp3) is 0.387. The summed E-state index contributed by atoms with van der Waals surface area (Å²) >= 11 is 0. The van der Waals surface area contributed by atoms with Gasteiger partial charge < -0.3 is 31.4 Å². The first kappa shape index (κ1) is 32.4. The molecule has 3 aromatic rings. The number of amides is 3. The van der Waals surface area contributed by atoms with Gasteiger partial charge in [-0.1, -0.05) is 51.1 Å². The van der Waals surface area contributed by atoms with E-state index < -0.39 is 53.5 Å². The molecular weight excluding hydrogens is 544 g/mol. The average molecular weight is 584 g/mol. The molecule has 1 heterocycles. The number of primary amides is 1. The van der Waals surface area contributed by atoms with Crippen LogP contribution in [-0.2, 0) is 20.9 Å². The standard InChI is InChI=1S/C31H39F2N5O4/c1-31(2,3)29(38(28(41)19-39)13-7-12-36-30(42)25(34)16-27(35)40)26-14-21(23-15-22(32)10-11-24(23)33)18-37(26)17-20-8-5-4-6-9-20/h4-6,8-11,14-15,18,25,29,39H,7,12-13,16-17,19,34H2,1-3H3,(H2,35,40)(H,36,42)/t25-,29-/m0/s1. The number of halogens is 2. The van der Waals surface area contributed by atoms with E-state index in [4.69, 9.17) is 11.5 Å². The molecule has 0 aliphatic carbocycles. The number of aliphatic hydroxyl groups is 1. The van der Waals surface area contributed by atoms with Crippen LogP contribution in [0.4, 0.5) is 8.78 Å². The van der Waals surface area contributed by atoms with E-state index in [1.54, 1.807) is 12.3 Å². The zero-order chi connectivity index (χ0) is 31.0. The number of aliphatic hydroxyl groups excluding tert-OH is 1. The molecule has 0 aliphatic rings. The van der Waals surface area contributed by atoms with E-state index in [-0.39, 0.29) is 25.1 Å². The minimum Gasteiger partial charge on any atom is -0.387 e. The van der Waals surface area contributed by atoms with E-state index >= 15 is 0 Å². The topological polar surface area (TPSA) is 144 Å². The molecule has 3 amide bonds. The zero-order valence-electron chi connectivity index (χ0n) is 24.1. The number of hydrogen-bond acceptors (Lipinski definition) is 5. The van der Waals surface area contributed by atoms with Crippen molar-refractivity contribution in [2.45, 2.75) is 52.2 Å². The second-order valence-electron chi connectivity index (χ2n) is 11.3. The molecule has 0 saturated heterocycles.